The van der Waals surface area contributed by atoms with Gasteiger partial charge < -0.3 is 0 Å². The summed E-state index contributed by atoms with van der Waals surface area (Å²) in [5, 5.41) is 0. The fourth-order valence-electron chi connectivity index (χ4n) is 4.54. The summed E-state index contributed by atoms with van der Waals surface area (Å²) in [6.45, 7) is 8.98. The summed E-state index contributed by atoms with van der Waals surface area (Å²) in [5.41, 5.74) is 0.544. The average Bonchev–Trinajstić information content (AvgIpc) is 2.54. The van der Waals surface area contributed by atoms with Gasteiger partial charge >= 0.3 is 0 Å². The van der Waals surface area contributed by atoms with E-state index < -0.39 is 0 Å². The van der Waals surface area contributed by atoms with Crippen LogP contribution in [0.15, 0.2) is 18.2 Å². The van der Waals surface area contributed by atoms with E-state index in [2.05, 4.69) is 45.8 Å². The summed E-state index contributed by atoms with van der Waals surface area (Å²) in [6, 6.07) is 0. The van der Waals surface area contributed by atoms with E-state index in [-0.39, 0.29) is 16.2 Å². The Bertz CT molecular complexity index is 367. The van der Waals surface area contributed by atoms with Crippen LogP contribution in [0.2, 0.25) is 0 Å². The van der Waals surface area contributed by atoms with Crippen molar-refractivity contribution in [1.82, 2.24) is 0 Å². The Morgan fingerprint density at radius 1 is 1.38 bits per heavy atom. The lowest BCUT2D eigenvalue weighted by atomic mass is 9.69. The number of hydrogen-bond donors (Lipinski definition) is 0. The summed E-state index contributed by atoms with van der Waals surface area (Å²) >= 11 is 0. The minimum Gasteiger partial charge on any atom is -0.234 e. The molecule has 0 heterocycles. The van der Waals surface area contributed by atoms with Crippen LogP contribution in [0, 0.1) is 22.2 Å². The molecular formula is C15H22O. The van der Waals surface area contributed by atoms with E-state index in [9.17, 15) is 4.79 Å². The second kappa shape index (κ2) is 3.34. The average molecular weight is 218 g/mol. The molecule has 0 aliphatic heterocycles. The Morgan fingerprint density at radius 3 is 2.56 bits per heavy atom. The summed E-state index contributed by atoms with van der Waals surface area (Å²) in [4.78, 5) is 10.8. The number of carbonyl (C=O) groups excluding carboxylic acids is 1. The molecule has 88 valence electrons. The van der Waals surface area contributed by atoms with Crippen molar-refractivity contribution in [1.29, 1.82) is 0 Å². The van der Waals surface area contributed by atoms with Crippen LogP contribution < -0.4 is 0 Å². The van der Waals surface area contributed by atoms with E-state index in [0.29, 0.717) is 5.92 Å². The summed E-state index contributed by atoms with van der Waals surface area (Å²) < 4.78 is 0. The first-order chi connectivity index (χ1) is 7.46. The second-order valence-electron chi connectivity index (χ2n) is 6.37. The second-order valence-corrected chi connectivity index (χ2v) is 6.37. The molecule has 16 heavy (non-hydrogen) atoms. The minimum atomic E-state index is 0.125. The van der Waals surface area contributed by atoms with Gasteiger partial charge in [0.2, 0.25) is 0 Å². The predicted octanol–water partition coefficient (Wildman–Crippen LogP) is 3.78. The minimum absolute atomic E-state index is 0.125. The Morgan fingerprint density at radius 2 is 2.06 bits per heavy atom. The predicted molar refractivity (Wildman–Crippen MR) is 66.7 cm³/mol. The Balaban J connectivity index is 2.49. The fourth-order valence-corrected chi connectivity index (χ4v) is 4.54. The third kappa shape index (κ3) is 1.10. The molecule has 3 atom stereocenters. The molecule has 1 heteroatoms. The first-order valence-corrected chi connectivity index (χ1v) is 6.32. The van der Waals surface area contributed by atoms with Crippen LogP contribution in [0.1, 0.15) is 47.0 Å². The lowest BCUT2D eigenvalue weighted by Gasteiger charge is -2.34. The molecule has 1 nitrogen and oxygen atoms in total. The monoisotopic (exact) mass is 218 g/mol. The van der Waals surface area contributed by atoms with Crippen molar-refractivity contribution in [3.63, 3.8) is 0 Å². The van der Waals surface area contributed by atoms with Gasteiger partial charge in [0.05, 0.1) is 0 Å². The van der Waals surface area contributed by atoms with Gasteiger partial charge in [-0.3, -0.25) is 0 Å². The fraction of sp³-hybridized carbons (Fsp3) is 0.733. The summed E-state index contributed by atoms with van der Waals surface area (Å²) in [6.07, 6.45) is 10.0. The van der Waals surface area contributed by atoms with Crippen molar-refractivity contribution >= 4 is 5.94 Å². The smallest absolute Gasteiger partial charge is 0.120 e. The number of hydrogen-bond acceptors (Lipinski definition) is 1. The van der Waals surface area contributed by atoms with Crippen LogP contribution in [0.3, 0.4) is 0 Å². The van der Waals surface area contributed by atoms with Gasteiger partial charge in [0.15, 0.2) is 0 Å². The topological polar surface area (TPSA) is 17.1 Å². The molecule has 0 bridgehead atoms. The zero-order chi connectivity index (χ0) is 12.0. The lowest BCUT2D eigenvalue weighted by molar-refractivity contribution is 0.197. The van der Waals surface area contributed by atoms with Gasteiger partial charge in [-0.25, -0.2) is 4.79 Å². The van der Waals surface area contributed by atoms with E-state index in [1.807, 2.05) is 6.08 Å². The lowest BCUT2D eigenvalue weighted by Crippen LogP contribution is -2.28. The van der Waals surface area contributed by atoms with Gasteiger partial charge in [0, 0.05) is 16.9 Å². The number of allylic oxidation sites excluding steroid dienone is 3. The highest BCUT2D eigenvalue weighted by Gasteiger charge is 2.78. The maximum Gasteiger partial charge on any atom is 0.120 e. The first-order valence-electron chi connectivity index (χ1n) is 6.32. The Labute approximate surface area is 98.6 Å². The highest BCUT2D eigenvalue weighted by Crippen LogP contribution is 2.83. The normalized spacial score (nSPS) is 41.9. The van der Waals surface area contributed by atoms with E-state index >= 15 is 0 Å². The third-order valence-corrected chi connectivity index (χ3v) is 4.93. The molecule has 0 amide bonds. The number of rotatable bonds is 2. The van der Waals surface area contributed by atoms with Crippen molar-refractivity contribution in [3.05, 3.63) is 18.2 Å². The molecule has 0 saturated heterocycles. The van der Waals surface area contributed by atoms with Gasteiger partial charge in [-0.2, -0.15) is 0 Å². The van der Waals surface area contributed by atoms with Crippen LogP contribution in [-0.2, 0) is 4.79 Å². The molecule has 2 rings (SSSR count). The molecule has 0 radical (unpaired) electrons. The van der Waals surface area contributed by atoms with Gasteiger partial charge in [0.1, 0.15) is 5.94 Å². The molecule has 2 saturated carbocycles. The van der Waals surface area contributed by atoms with E-state index in [0.717, 1.165) is 6.42 Å². The maximum atomic E-state index is 10.8. The van der Waals surface area contributed by atoms with E-state index in [4.69, 9.17) is 0 Å². The molecule has 0 spiro atoms. The number of fused-ring (bicyclic) bond motifs is 1. The molecule has 0 aromatic carbocycles. The first kappa shape index (κ1) is 11.7. The summed E-state index contributed by atoms with van der Waals surface area (Å²) in [7, 11) is 0. The molecule has 0 unspecified atom stereocenters. The van der Waals surface area contributed by atoms with Crippen molar-refractivity contribution in [2.45, 2.75) is 47.0 Å². The van der Waals surface area contributed by atoms with Gasteiger partial charge in [-0.05, 0) is 31.1 Å². The van der Waals surface area contributed by atoms with Crippen molar-refractivity contribution in [3.8, 4) is 0 Å². The molecule has 2 aliphatic carbocycles. The Hall–Kier alpha value is -0.810. The molecule has 2 fully saturated rings. The quantitative estimate of drug-likeness (QED) is 0.509. The highest BCUT2D eigenvalue weighted by atomic mass is 16.1. The van der Waals surface area contributed by atoms with Crippen molar-refractivity contribution in [2.75, 3.05) is 0 Å². The molecule has 0 N–H and O–H groups in total. The standard InChI is InChI=1S/C15H22O/c1-5-8-15(13(2,3)4)12-7-6-9-14(12,15)10-11-16/h5,8,10,12H,6-7,9H2,1-4H3/b8-5-/t12-,14-,15+/m0/s1. The van der Waals surface area contributed by atoms with Crippen LogP contribution in [0.25, 0.3) is 0 Å². The van der Waals surface area contributed by atoms with Gasteiger partial charge in [-0.15, -0.1) is 0 Å². The van der Waals surface area contributed by atoms with Crippen LogP contribution in [0.4, 0.5) is 0 Å². The molecular weight excluding hydrogens is 196 g/mol. The summed E-state index contributed by atoms with van der Waals surface area (Å²) in [5.74, 6) is 2.73. The van der Waals surface area contributed by atoms with Crippen LogP contribution in [0.5, 0.6) is 0 Å². The van der Waals surface area contributed by atoms with E-state index in [1.54, 1.807) is 0 Å². The maximum absolute atomic E-state index is 10.8. The zero-order valence-electron chi connectivity index (χ0n) is 10.8. The SMILES string of the molecule is C/C=C\[C@]1(C(C)(C)C)[C@H]2CCC[C@]21C=C=O. The molecule has 0 aromatic rings. The Kier molecular flexibility index (Phi) is 2.44. The molecule has 0 aromatic heterocycles. The van der Waals surface area contributed by atoms with Crippen LogP contribution >= 0.6 is 0 Å². The van der Waals surface area contributed by atoms with E-state index in [1.165, 1.54) is 12.8 Å². The van der Waals surface area contributed by atoms with Gasteiger partial charge in [0.25, 0.3) is 0 Å². The van der Waals surface area contributed by atoms with Crippen LogP contribution in [-0.4, -0.2) is 5.94 Å². The zero-order valence-corrected chi connectivity index (χ0v) is 10.8. The largest absolute Gasteiger partial charge is 0.234 e. The van der Waals surface area contributed by atoms with Gasteiger partial charge in [-0.1, -0.05) is 39.3 Å². The molecule has 2 aliphatic rings. The van der Waals surface area contributed by atoms with Crippen molar-refractivity contribution in [2.24, 2.45) is 22.2 Å². The highest BCUT2D eigenvalue weighted by molar-refractivity contribution is 5.54. The van der Waals surface area contributed by atoms with Crippen molar-refractivity contribution < 1.29 is 4.79 Å². The third-order valence-electron chi connectivity index (χ3n) is 4.93.